The van der Waals surface area contributed by atoms with Gasteiger partial charge in [-0.2, -0.15) is 0 Å². The van der Waals surface area contributed by atoms with E-state index >= 15 is 0 Å². The quantitative estimate of drug-likeness (QED) is 0.768. The van der Waals surface area contributed by atoms with Gasteiger partial charge in [-0.05, 0) is 25.3 Å². The van der Waals surface area contributed by atoms with E-state index in [0.29, 0.717) is 12.2 Å². The Bertz CT molecular complexity index is 580. The van der Waals surface area contributed by atoms with Gasteiger partial charge in [0, 0.05) is 35.1 Å². The minimum Gasteiger partial charge on any atom is -0.344 e. The highest BCUT2D eigenvalue weighted by atomic mass is 16.1. The molecule has 0 fully saturated rings. The van der Waals surface area contributed by atoms with Crippen molar-refractivity contribution in [2.75, 3.05) is 0 Å². The molecular weight excluding hydrogens is 210 g/mol. The number of aryl methyl sites for hydroxylation is 1. The first-order valence-corrected chi connectivity index (χ1v) is 6.46. The Morgan fingerprint density at radius 1 is 1.24 bits per heavy atom. The average Bonchev–Trinajstić information content (AvgIpc) is 2.66. The van der Waals surface area contributed by atoms with Crippen molar-refractivity contribution < 1.29 is 4.79 Å². The summed E-state index contributed by atoms with van der Waals surface area (Å²) in [5.41, 5.74) is 3.50. The van der Waals surface area contributed by atoms with Crippen LogP contribution in [-0.2, 0) is 13.0 Å². The lowest BCUT2D eigenvalue weighted by molar-refractivity contribution is 0.0973. The fourth-order valence-electron chi connectivity index (χ4n) is 2.95. The fourth-order valence-corrected chi connectivity index (χ4v) is 2.95. The molecule has 0 unspecified atom stereocenters. The van der Waals surface area contributed by atoms with Crippen LogP contribution in [0.15, 0.2) is 24.3 Å². The molecule has 0 atom stereocenters. The van der Waals surface area contributed by atoms with E-state index in [2.05, 4.69) is 29.7 Å². The van der Waals surface area contributed by atoms with E-state index in [1.54, 1.807) is 0 Å². The Morgan fingerprint density at radius 2 is 2.06 bits per heavy atom. The molecule has 1 aliphatic rings. The molecule has 2 aromatic rings. The standard InChI is InChI=1S/C15H17NO/c1-2-10-16-12-7-4-3-6-11(12)15-13(16)8-5-9-14(15)17/h3-4,6-7H,2,5,8-10H2,1H3. The Hall–Kier alpha value is -1.57. The number of Topliss-reactive ketones (excluding diaryl/α,β-unsaturated/α-hetero) is 1. The lowest BCUT2D eigenvalue weighted by Gasteiger charge is -2.14. The van der Waals surface area contributed by atoms with Crippen LogP contribution in [0.3, 0.4) is 0 Å². The lowest BCUT2D eigenvalue weighted by atomic mass is 9.94. The molecule has 2 nitrogen and oxygen atoms in total. The molecule has 0 spiro atoms. The first kappa shape index (κ1) is 10.6. The maximum absolute atomic E-state index is 12.1. The Morgan fingerprint density at radius 3 is 2.88 bits per heavy atom. The second kappa shape index (κ2) is 4.02. The number of para-hydroxylation sites is 1. The number of hydrogen-bond acceptors (Lipinski definition) is 1. The van der Waals surface area contributed by atoms with Crippen molar-refractivity contribution in [1.82, 2.24) is 4.57 Å². The van der Waals surface area contributed by atoms with Crippen LogP contribution in [0, 0.1) is 0 Å². The summed E-state index contributed by atoms with van der Waals surface area (Å²) < 4.78 is 2.35. The largest absolute Gasteiger partial charge is 0.344 e. The monoisotopic (exact) mass is 227 g/mol. The van der Waals surface area contributed by atoms with Crippen LogP contribution in [0.2, 0.25) is 0 Å². The van der Waals surface area contributed by atoms with E-state index in [-0.39, 0.29) is 0 Å². The zero-order chi connectivity index (χ0) is 11.8. The minimum atomic E-state index is 0.331. The van der Waals surface area contributed by atoms with Gasteiger partial charge in [-0.1, -0.05) is 25.1 Å². The molecule has 1 aromatic carbocycles. The molecule has 2 heteroatoms. The zero-order valence-corrected chi connectivity index (χ0v) is 10.2. The van der Waals surface area contributed by atoms with Crippen LogP contribution in [-0.4, -0.2) is 10.4 Å². The van der Waals surface area contributed by atoms with Gasteiger partial charge in [-0.15, -0.1) is 0 Å². The second-order valence-corrected chi connectivity index (χ2v) is 4.77. The predicted molar refractivity (Wildman–Crippen MR) is 69.5 cm³/mol. The second-order valence-electron chi connectivity index (χ2n) is 4.77. The number of carbonyl (C=O) groups is 1. The van der Waals surface area contributed by atoms with E-state index in [4.69, 9.17) is 0 Å². The molecule has 17 heavy (non-hydrogen) atoms. The van der Waals surface area contributed by atoms with Crippen LogP contribution in [0.5, 0.6) is 0 Å². The van der Waals surface area contributed by atoms with Gasteiger partial charge in [0.2, 0.25) is 0 Å². The lowest BCUT2D eigenvalue weighted by Crippen LogP contribution is -2.13. The Balaban J connectivity index is 2.34. The van der Waals surface area contributed by atoms with Gasteiger partial charge in [-0.3, -0.25) is 4.79 Å². The normalized spacial score (nSPS) is 15.2. The molecule has 1 heterocycles. The molecule has 1 aromatic heterocycles. The van der Waals surface area contributed by atoms with Crippen LogP contribution in [0.1, 0.15) is 42.2 Å². The van der Waals surface area contributed by atoms with Gasteiger partial charge in [-0.25, -0.2) is 0 Å². The number of hydrogen-bond donors (Lipinski definition) is 0. The molecule has 0 bridgehead atoms. The van der Waals surface area contributed by atoms with Crippen molar-refractivity contribution >= 4 is 16.7 Å². The number of nitrogens with zero attached hydrogens (tertiary/aromatic N) is 1. The highest BCUT2D eigenvalue weighted by Gasteiger charge is 2.24. The Labute approximate surface area is 101 Å². The third kappa shape index (κ3) is 1.51. The van der Waals surface area contributed by atoms with Crippen molar-refractivity contribution in [1.29, 1.82) is 0 Å². The predicted octanol–water partition coefficient (Wildman–Crippen LogP) is 3.57. The van der Waals surface area contributed by atoms with E-state index < -0.39 is 0 Å². The smallest absolute Gasteiger partial charge is 0.165 e. The first-order chi connectivity index (χ1) is 8.33. The third-order valence-electron chi connectivity index (χ3n) is 3.62. The highest BCUT2D eigenvalue weighted by molar-refractivity contribution is 6.10. The van der Waals surface area contributed by atoms with Crippen molar-refractivity contribution in [3.05, 3.63) is 35.5 Å². The van der Waals surface area contributed by atoms with Crippen LogP contribution in [0.25, 0.3) is 10.9 Å². The molecule has 0 N–H and O–H groups in total. The summed E-state index contributed by atoms with van der Waals surface area (Å²) in [6, 6.07) is 8.31. The summed E-state index contributed by atoms with van der Waals surface area (Å²) in [5, 5.41) is 1.15. The molecule has 0 radical (unpaired) electrons. The fraction of sp³-hybridized carbons (Fsp3) is 0.400. The summed E-state index contributed by atoms with van der Waals surface area (Å²) in [5.74, 6) is 0.331. The summed E-state index contributed by atoms with van der Waals surface area (Å²) in [7, 11) is 0. The van der Waals surface area contributed by atoms with Gasteiger partial charge in [0.25, 0.3) is 0 Å². The molecule has 1 aliphatic carbocycles. The number of aromatic nitrogens is 1. The summed E-state index contributed by atoms with van der Waals surface area (Å²) in [6.07, 6.45) is 3.88. The van der Waals surface area contributed by atoms with Gasteiger partial charge < -0.3 is 4.57 Å². The third-order valence-corrected chi connectivity index (χ3v) is 3.62. The topological polar surface area (TPSA) is 22.0 Å². The minimum absolute atomic E-state index is 0.331. The van der Waals surface area contributed by atoms with Crippen molar-refractivity contribution in [2.45, 2.75) is 39.2 Å². The molecular formula is C15H17NO. The number of rotatable bonds is 2. The molecule has 0 saturated heterocycles. The molecule has 88 valence electrons. The number of ketones is 1. The van der Waals surface area contributed by atoms with Crippen molar-refractivity contribution in [3.8, 4) is 0 Å². The average molecular weight is 227 g/mol. The molecule has 3 rings (SSSR count). The van der Waals surface area contributed by atoms with Gasteiger partial charge in [0.15, 0.2) is 5.78 Å². The van der Waals surface area contributed by atoms with Crippen LogP contribution in [0.4, 0.5) is 0 Å². The molecule has 0 saturated carbocycles. The van der Waals surface area contributed by atoms with Gasteiger partial charge >= 0.3 is 0 Å². The van der Waals surface area contributed by atoms with E-state index in [1.165, 1.54) is 11.2 Å². The molecule has 0 amide bonds. The van der Waals surface area contributed by atoms with E-state index in [0.717, 1.165) is 36.8 Å². The zero-order valence-electron chi connectivity index (χ0n) is 10.2. The Kier molecular flexibility index (Phi) is 2.50. The van der Waals surface area contributed by atoms with E-state index in [1.807, 2.05) is 6.07 Å². The summed E-state index contributed by atoms with van der Waals surface area (Å²) >= 11 is 0. The summed E-state index contributed by atoms with van der Waals surface area (Å²) in [4.78, 5) is 12.1. The highest BCUT2D eigenvalue weighted by Crippen LogP contribution is 2.32. The van der Waals surface area contributed by atoms with E-state index in [9.17, 15) is 4.79 Å². The SMILES string of the molecule is CCCn1c2c(c3ccccc31)C(=O)CCC2. The van der Waals surface area contributed by atoms with Crippen LogP contribution < -0.4 is 0 Å². The maximum atomic E-state index is 12.1. The number of carbonyl (C=O) groups excluding carboxylic acids is 1. The van der Waals surface area contributed by atoms with Crippen molar-refractivity contribution in [3.63, 3.8) is 0 Å². The maximum Gasteiger partial charge on any atom is 0.165 e. The van der Waals surface area contributed by atoms with Crippen LogP contribution >= 0.6 is 0 Å². The van der Waals surface area contributed by atoms with Gasteiger partial charge in [0.05, 0.1) is 0 Å². The summed E-state index contributed by atoms with van der Waals surface area (Å²) in [6.45, 7) is 3.20. The van der Waals surface area contributed by atoms with Crippen molar-refractivity contribution in [2.24, 2.45) is 0 Å². The number of fused-ring (bicyclic) bond motifs is 3. The molecule has 0 aliphatic heterocycles. The van der Waals surface area contributed by atoms with Gasteiger partial charge in [0.1, 0.15) is 0 Å². The first-order valence-electron chi connectivity index (χ1n) is 6.46. The number of benzene rings is 1.